The van der Waals surface area contributed by atoms with Crippen LogP contribution in [0.3, 0.4) is 0 Å². The number of alkyl halides is 1. The molecule has 3 heteroatoms. The highest BCUT2D eigenvalue weighted by Crippen LogP contribution is 2.27. The van der Waals surface area contributed by atoms with Gasteiger partial charge < -0.3 is 4.74 Å². The molecular formula is C15H15FO2. The Morgan fingerprint density at radius 2 is 1.89 bits per heavy atom. The Labute approximate surface area is 105 Å². The lowest BCUT2D eigenvalue weighted by Gasteiger charge is -2.08. The van der Waals surface area contributed by atoms with Crippen molar-refractivity contribution < 1.29 is 13.9 Å². The van der Waals surface area contributed by atoms with Crippen LogP contribution in [0.5, 0.6) is 5.75 Å². The molecule has 0 spiro atoms. The largest absolute Gasteiger partial charge is 0.497 e. The van der Waals surface area contributed by atoms with E-state index in [1.54, 1.807) is 19.2 Å². The lowest BCUT2D eigenvalue weighted by molar-refractivity contribution is -0.118. The zero-order chi connectivity index (χ0) is 13.1. The van der Waals surface area contributed by atoms with Crippen LogP contribution >= 0.6 is 0 Å². The van der Waals surface area contributed by atoms with Crippen LogP contribution in [0.25, 0.3) is 10.8 Å². The molecule has 2 aromatic carbocycles. The van der Waals surface area contributed by atoms with Crippen molar-refractivity contribution >= 4 is 16.6 Å². The van der Waals surface area contributed by atoms with Crippen LogP contribution in [0.2, 0.25) is 0 Å². The standard InChI is InChI=1S/C15H15FO2/c1-10(17)7-15(16)13-4-3-12-9-14(18-2)6-5-11(12)8-13/h3-6,8-9,15H,7H2,1-2H3/i16-1. The van der Waals surface area contributed by atoms with Gasteiger partial charge in [0.25, 0.3) is 0 Å². The van der Waals surface area contributed by atoms with E-state index in [1.165, 1.54) is 6.92 Å². The molecule has 0 N–H and O–H groups in total. The maximum atomic E-state index is 13.8. The maximum Gasteiger partial charge on any atom is 0.133 e. The number of Topliss-reactive ketones (excluding diaryl/α,β-unsaturated/α-hetero) is 1. The molecule has 0 aliphatic heterocycles. The van der Waals surface area contributed by atoms with Gasteiger partial charge in [-0.05, 0) is 41.5 Å². The van der Waals surface area contributed by atoms with Crippen molar-refractivity contribution in [2.45, 2.75) is 19.5 Å². The topological polar surface area (TPSA) is 26.3 Å². The number of methoxy groups -OCH3 is 1. The highest BCUT2D eigenvalue weighted by atomic mass is 18.2. The van der Waals surface area contributed by atoms with Gasteiger partial charge in [0.05, 0.1) is 7.11 Å². The van der Waals surface area contributed by atoms with Crippen LogP contribution in [0.4, 0.5) is 4.39 Å². The fourth-order valence-electron chi connectivity index (χ4n) is 1.93. The summed E-state index contributed by atoms with van der Waals surface area (Å²) in [5.74, 6) is 0.633. The Balaban J connectivity index is 2.35. The van der Waals surface area contributed by atoms with Crippen molar-refractivity contribution in [3.8, 4) is 5.75 Å². The molecule has 1 unspecified atom stereocenters. The molecule has 2 aromatic rings. The SMILES string of the molecule is COc1ccc2cc(C([18F])CC(C)=O)ccc2c1. The van der Waals surface area contributed by atoms with Gasteiger partial charge in [0.1, 0.15) is 17.7 Å². The van der Waals surface area contributed by atoms with E-state index in [0.717, 1.165) is 16.5 Å². The minimum atomic E-state index is -1.23. The summed E-state index contributed by atoms with van der Waals surface area (Å²) >= 11 is 0. The molecule has 18 heavy (non-hydrogen) atoms. The Morgan fingerprint density at radius 1 is 1.22 bits per heavy atom. The molecule has 2 nitrogen and oxygen atoms in total. The molecule has 0 aliphatic rings. The third kappa shape index (κ3) is 2.67. The number of fused-ring (bicyclic) bond motifs is 1. The normalized spacial score (nSPS) is 12.4. The van der Waals surface area contributed by atoms with E-state index in [9.17, 15) is 9.18 Å². The molecule has 0 saturated heterocycles. The maximum absolute atomic E-state index is 13.8. The van der Waals surface area contributed by atoms with E-state index in [0.29, 0.717) is 5.56 Å². The van der Waals surface area contributed by atoms with Gasteiger partial charge in [0, 0.05) is 6.42 Å². The third-order valence-corrected chi connectivity index (χ3v) is 2.90. The number of ketones is 1. The number of halogens is 1. The number of hydrogen-bond acceptors (Lipinski definition) is 2. The fraction of sp³-hybridized carbons (Fsp3) is 0.267. The van der Waals surface area contributed by atoms with Crippen molar-refractivity contribution in [3.63, 3.8) is 0 Å². The average molecular weight is 245 g/mol. The van der Waals surface area contributed by atoms with Crippen LogP contribution in [0.1, 0.15) is 25.1 Å². The summed E-state index contributed by atoms with van der Waals surface area (Å²) in [6.45, 7) is 1.40. The molecule has 0 saturated carbocycles. The number of carbonyl (C=O) groups excluding carboxylic acids is 1. The van der Waals surface area contributed by atoms with Gasteiger partial charge in [0.2, 0.25) is 0 Å². The second-order valence-corrected chi connectivity index (χ2v) is 4.35. The average Bonchev–Trinajstić information content (AvgIpc) is 2.36. The summed E-state index contributed by atoms with van der Waals surface area (Å²) in [5, 5.41) is 1.94. The van der Waals surface area contributed by atoms with E-state index in [2.05, 4.69) is 0 Å². The zero-order valence-electron chi connectivity index (χ0n) is 10.4. The predicted octanol–water partition coefficient (Wildman–Crippen LogP) is 3.84. The van der Waals surface area contributed by atoms with Gasteiger partial charge in [-0.15, -0.1) is 0 Å². The van der Waals surface area contributed by atoms with E-state index >= 15 is 0 Å². The first kappa shape index (κ1) is 12.6. The molecule has 0 fully saturated rings. The lowest BCUT2D eigenvalue weighted by Crippen LogP contribution is -1.98. The second-order valence-electron chi connectivity index (χ2n) is 4.35. The summed E-state index contributed by atoms with van der Waals surface area (Å²) in [4.78, 5) is 10.9. The van der Waals surface area contributed by atoms with E-state index in [4.69, 9.17) is 4.74 Å². The van der Waals surface area contributed by atoms with Crippen molar-refractivity contribution in [3.05, 3.63) is 42.0 Å². The van der Waals surface area contributed by atoms with Crippen LogP contribution in [-0.2, 0) is 4.79 Å². The Bertz CT molecular complexity index is 578. The van der Waals surface area contributed by atoms with Crippen molar-refractivity contribution in [1.82, 2.24) is 0 Å². The van der Waals surface area contributed by atoms with Crippen LogP contribution in [0, 0.1) is 0 Å². The minimum Gasteiger partial charge on any atom is -0.497 e. The quantitative estimate of drug-likeness (QED) is 0.818. The Kier molecular flexibility index (Phi) is 3.60. The van der Waals surface area contributed by atoms with Crippen LogP contribution in [0.15, 0.2) is 36.4 Å². The Hall–Kier alpha value is -1.90. The van der Waals surface area contributed by atoms with Gasteiger partial charge in [-0.2, -0.15) is 0 Å². The van der Waals surface area contributed by atoms with Gasteiger partial charge in [0.15, 0.2) is 0 Å². The Morgan fingerprint density at radius 3 is 2.56 bits per heavy atom. The predicted molar refractivity (Wildman–Crippen MR) is 69.6 cm³/mol. The molecule has 94 valence electrons. The number of ether oxygens (including phenoxy) is 1. The van der Waals surface area contributed by atoms with Gasteiger partial charge in [-0.3, -0.25) is 4.79 Å². The highest BCUT2D eigenvalue weighted by Gasteiger charge is 2.12. The first-order chi connectivity index (χ1) is 8.60. The molecule has 0 heterocycles. The smallest absolute Gasteiger partial charge is 0.133 e. The first-order valence-corrected chi connectivity index (χ1v) is 5.81. The van der Waals surface area contributed by atoms with E-state index in [-0.39, 0.29) is 12.2 Å². The third-order valence-electron chi connectivity index (χ3n) is 2.90. The van der Waals surface area contributed by atoms with Crippen LogP contribution < -0.4 is 4.74 Å². The molecular weight excluding hydrogens is 230 g/mol. The lowest BCUT2D eigenvalue weighted by atomic mass is 10.0. The minimum absolute atomic E-state index is 0.0678. The summed E-state index contributed by atoms with van der Waals surface area (Å²) in [5.41, 5.74) is 0.544. The molecule has 2 rings (SSSR count). The molecule has 0 aromatic heterocycles. The van der Waals surface area contributed by atoms with Crippen LogP contribution in [-0.4, -0.2) is 12.9 Å². The van der Waals surface area contributed by atoms with Crippen molar-refractivity contribution in [2.24, 2.45) is 0 Å². The van der Waals surface area contributed by atoms with Gasteiger partial charge in [-0.1, -0.05) is 18.2 Å². The number of benzene rings is 2. The monoisotopic (exact) mass is 245 g/mol. The molecule has 0 amide bonds. The van der Waals surface area contributed by atoms with Crippen molar-refractivity contribution in [2.75, 3.05) is 7.11 Å². The van der Waals surface area contributed by atoms with E-state index in [1.807, 2.05) is 24.3 Å². The van der Waals surface area contributed by atoms with Gasteiger partial charge in [-0.25, -0.2) is 4.39 Å². The highest BCUT2D eigenvalue weighted by molar-refractivity contribution is 5.85. The summed E-state index contributed by atoms with van der Waals surface area (Å²) in [6, 6.07) is 11.0. The van der Waals surface area contributed by atoms with Gasteiger partial charge >= 0.3 is 0 Å². The second kappa shape index (κ2) is 5.17. The fourth-order valence-corrected chi connectivity index (χ4v) is 1.93. The zero-order valence-corrected chi connectivity index (χ0v) is 10.4. The summed E-state index contributed by atoms with van der Waals surface area (Å²) in [7, 11) is 1.61. The number of hydrogen-bond donors (Lipinski definition) is 0. The van der Waals surface area contributed by atoms with Crippen molar-refractivity contribution in [1.29, 1.82) is 0 Å². The summed E-state index contributed by atoms with van der Waals surface area (Å²) in [6.07, 6.45) is -1.30. The number of carbonyl (C=O) groups is 1. The molecule has 0 radical (unpaired) electrons. The van der Waals surface area contributed by atoms with E-state index < -0.39 is 6.17 Å². The number of rotatable bonds is 4. The first-order valence-electron chi connectivity index (χ1n) is 5.81. The molecule has 0 aliphatic carbocycles. The molecule has 1 atom stereocenters. The molecule has 0 bridgehead atoms. The summed E-state index contributed by atoms with van der Waals surface area (Å²) < 4.78 is 18.9.